The van der Waals surface area contributed by atoms with Crippen LogP contribution in [0.3, 0.4) is 0 Å². The van der Waals surface area contributed by atoms with Gasteiger partial charge in [0.15, 0.2) is 5.11 Å². The molecule has 0 aliphatic carbocycles. The fourth-order valence-electron chi connectivity index (χ4n) is 3.07. The molecular formula is C22H29N3O4S2. The second-order valence-electron chi connectivity index (χ2n) is 6.71. The van der Waals surface area contributed by atoms with E-state index in [0.29, 0.717) is 45.8 Å². The lowest BCUT2D eigenvalue weighted by Gasteiger charge is -2.17. The molecule has 2 rings (SSSR count). The van der Waals surface area contributed by atoms with Gasteiger partial charge in [-0.2, -0.15) is 0 Å². The number of rotatable bonds is 9. The molecule has 1 aromatic carbocycles. The Balaban J connectivity index is 2.10. The third-order valence-corrected chi connectivity index (χ3v) is 6.31. The first kappa shape index (κ1) is 24.6. The molecule has 0 atom stereocenters. The maximum atomic E-state index is 12.9. The van der Waals surface area contributed by atoms with Gasteiger partial charge in [0.2, 0.25) is 0 Å². The van der Waals surface area contributed by atoms with Crippen molar-refractivity contribution in [3.63, 3.8) is 0 Å². The van der Waals surface area contributed by atoms with E-state index >= 15 is 0 Å². The zero-order valence-electron chi connectivity index (χ0n) is 18.5. The number of anilines is 1. The lowest BCUT2D eigenvalue weighted by Crippen LogP contribution is -2.30. The number of nitrogens with one attached hydrogen (secondary N) is 2. The quantitative estimate of drug-likeness (QED) is 0.432. The van der Waals surface area contributed by atoms with Crippen LogP contribution in [-0.4, -0.2) is 55.7 Å². The number of esters is 1. The van der Waals surface area contributed by atoms with Crippen molar-refractivity contribution in [2.24, 2.45) is 0 Å². The van der Waals surface area contributed by atoms with Gasteiger partial charge in [-0.1, -0.05) is 12.1 Å². The van der Waals surface area contributed by atoms with Crippen LogP contribution >= 0.6 is 23.6 Å². The van der Waals surface area contributed by atoms with Crippen molar-refractivity contribution in [3.05, 3.63) is 45.8 Å². The molecule has 0 aliphatic heterocycles. The van der Waals surface area contributed by atoms with Gasteiger partial charge in [0.25, 0.3) is 5.91 Å². The van der Waals surface area contributed by atoms with Crippen LogP contribution in [0.5, 0.6) is 5.75 Å². The SMILES string of the molecule is CCN(CC)C(=O)c1sc(NC(=S)NCCc2ccc(OC)cc2)c(C(=O)OC)c1C. The van der Waals surface area contributed by atoms with Gasteiger partial charge in [-0.25, -0.2) is 4.79 Å². The molecule has 0 spiro atoms. The third kappa shape index (κ3) is 6.18. The Morgan fingerprint density at radius 3 is 2.32 bits per heavy atom. The summed E-state index contributed by atoms with van der Waals surface area (Å²) in [6, 6.07) is 7.83. The van der Waals surface area contributed by atoms with Crippen LogP contribution in [-0.2, 0) is 11.2 Å². The highest BCUT2D eigenvalue weighted by Gasteiger charge is 2.27. The molecule has 0 unspecified atom stereocenters. The summed E-state index contributed by atoms with van der Waals surface area (Å²) >= 11 is 6.62. The summed E-state index contributed by atoms with van der Waals surface area (Å²) in [5.74, 6) is 0.201. The van der Waals surface area contributed by atoms with Gasteiger partial charge in [-0.3, -0.25) is 4.79 Å². The van der Waals surface area contributed by atoms with Crippen LogP contribution in [0.1, 0.15) is 45.0 Å². The standard InChI is InChI=1S/C22H29N3O4S2/c1-6-25(7-2)20(26)18-14(3)17(21(27)29-5)19(31-18)24-22(30)23-13-12-15-8-10-16(28-4)11-9-15/h8-11H,6-7,12-13H2,1-5H3,(H2,23,24,30). The van der Waals surface area contributed by atoms with Crippen LogP contribution in [0.4, 0.5) is 5.00 Å². The molecule has 0 saturated carbocycles. The molecule has 0 saturated heterocycles. The molecule has 2 aromatic rings. The first-order chi connectivity index (χ1) is 14.9. The normalized spacial score (nSPS) is 10.4. The first-order valence-electron chi connectivity index (χ1n) is 10.0. The molecular weight excluding hydrogens is 434 g/mol. The molecule has 1 amide bonds. The van der Waals surface area contributed by atoms with Gasteiger partial charge < -0.3 is 25.0 Å². The average molecular weight is 464 g/mol. The molecule has 2 N–H and O–H groups in total. The van der Waals surface area contributed by atoms with Crippen molar-refractivity contribution in [3.8, 4) is 5.75 Å². The van der Waals surface area contributed by atoms with Crippen molar-refractivity contribution in [2.75, 3.05) is 39.2 Å². The highest BCUT2D eigenvalue weighted by molar-refractivity contribution is 7.80. The molecule has 0 fully saturated rings. The first-order valence-corrected chi connectivity index (χ1v) is 11.3. The minimum absolute atomic E-state index is 0.107. The zero-order chi connectivity index (χ0) is 23.0. The maximum Gasteiger partial charge on any atom is 0.341 e. The van der Waals surface area contributed by atoms with E-state index in [4.69, 9.17) is 21.7 Å². The minimum Gasteiger partial charge on any atom is -0.497 e. The summed E-state index contributed by atoms with van der Waals surface area (Å²) in [5, 5.41) is 7.09. The second-order valence-corrected chi connectivity index (χ2v) is 8.14. The smallest absolute Gasteiger partial charge is 0.341 e. The summed E-state index contributed by atoms with van der Waals surface area (Å²) in [5.41, 5.74) is 2.07. The number of carbonyl (C=O) groups is 2. The topological polar surface area (TPSA) is 79.9 Å². The van der Waals surface area contributed by atoms with Gasteiger partial charge in [0, 0.05) is 19.6 Å². The Morgan fingerprint density at radius 2 is 1.77 bits per heavy atom. The molecule has 1 aromatic heterocycles. The molecule has 7 nitrogen and oxygen atoms in total. The minimum atomic E-state index is -0.504. The van der Waals surface area contributed by atoms with E-state index < -0.39 is 5.97 Å². The van der Waals surface area contributed by atoms with Crippen LogP contribution in [0, 0.1) is 6.92 Å². The number of hydrogen-bond acceptors (Lipinski definition) is 6. The largest absolute Gasteiger partial charge is 0.497 e. The van der Waals surface area contributed by atoms with Gasteiger partial charge in [-0.15, -0.1) is 11.3 Å². The summed E-state index contributed by atoms with van der Waals surface area (Å²) in [4.78, 5) is 27.5. The van der Waals surface area contributed by atoms with Crippen molar-refractivity contribution in [1.82, 2.24) is 10.2 Å². The van der Waals surface area contributed by atoms with Crippen LogP contribution in [0.2, 0.25) is 0 Å². The number of carbonyl (C=O) groups excluding carboxylic acids is 2. The number of amides is 1. The summed E-state index contributed by atoms with van der Waals surface area (Å²) in [7, 11) is 2.96. The predicted octanol–water partition coefficient (Wildman–Crippen LogP) is 3.86. The number of ether oxygens (including phenoxy) is 2. The van der Waals surface area contributed by atoms with Crippen LogP contribution in [0.25, 0.3) is 0 Å². The Hall–Kier alpha value is -2.65. The summed E-state index contributed by atoms with van der Waals surface area (Å²) < 4.78 is 10.1. The van der Waals surface area contributed by atoms with Crippen molar-refractivity contribution in [2.45, 2.75) is 27.2 Å². The van der Waals surface area contributed by atoms with E-state index in [1.54, 1.807) is 18.9 Å². The molecule has 168 valence electrons. The van der Waals surface area contributed by atoms with Gasteiger partial charge >= 0.3 is 5.97 Å². The molecule has 0 bridgehead atoms. The summed E-state index contributed by atoms with van der Waals surface area (Å²) in [6.07, 6.45) is 0.769. The number of thiocarbonyl (C=S) groups is 1. The molecule has 0 radical (unpaired) electrons. The highest BCUT2D eigenvalue weighted by Crippen LogP contribution is 2.34. The maximum absolute atomic E-state index is 12.9. The number of thiophene rings is 1. The Kier molecular flexibility index (Phi) is 9.26. The lowest BCUT2D eigenvalue weighted by molar-refractivity contribution is 0.0601. The zero-order valence-corrected chi connectivity index (χ0v) is 20.2. The predicted molar refractivity (Wildman–Crippen MR) is 129 cm³/mol. The van der Waals surface area contributed by atoms with Crippen LogP contribution in [0.15, 0.2) is 24.3 Å². The van der Waals surface area contributed by atoms with Crippen molar-refractivity contribution in [1.29, 1.82) is 0 Å². The van der Waals surface area contributed by atoms with Crippen molar-refractivity contribution < 1.29 is 19.1 Å². The van der Waals surface area contributed by atoms with E-state index in [0.717, 1.165) is 17.7 Å². The fourth-order valence-corrected chi connectivity index (χ4v) is 4.50. The number of nitrogens with zero attached hydrogens (tertiary/aromatic N) is 1. The van der Waals surface area contributed by atoms with E-state index in [-0.39, 0.29) is 5.91 Å². The Morgan fingerprint density at radius 1 is 1.13 bits per heavy atom. The molecule has 9 heteroatoms. The van der Waals surface area contributed by atoms with E-state index in [2.05, 4.69) is 10.6 Å². The lowest BCUT2D eigenvalue weighted by atomic mass is 10.1. The third-order valence-electron chi connectivity index (χ3n) is 4.87. The monoisotopic (exact) mass is 463 g/mol. The molecule has 31 heavy (non-hydrogen) atoms. The van der Waals surface area contributed by atoms with Crippen molar-refractivity contribution >= 4 is 45.5 Å². The Labute approximate surface area is 192 Å². The van der Waals surface area contributed by atoms with E-state index in [1.165, 1.54) is 18.4 Å². The number of benzene rings is 1. The number of hydrogen-bond donors (Lipinski definition) is 2. The molecule has 1 heterocycles. The number of methoxy groups -OCH3 is 2. The van der Waals surface area contributed by atoms with Gasteiger partial charge in [0.05, 0.1) is 24.7 Å². The molecule has 0 aliphatic rings. The second kappa shape index (κ2) is 11.7. The Bertz CT molecular complexity index is 922. The van der Waals surface area contributed by atoms with Gasteiger partial charge in [0.1, 0.15) is 10.8 Å². The summed E-state index contributed by atoms with van der Waals surface area (Å²) in [6.45, 7) is 7.40. The van der Waals surface area contributed by atoms with E-state index in [9.17, 15) is 9.59 Å². The van der Waals surface area contributed by atoms with Crippen LogP contribution < -0.4 is 15.4 Å². The fraction of sp³-hybridized carbons (Fsp3) is 0.409. The van der Waals surface area contributed by atoms with E-state index in [1.807, 2.05) is 38.1 Å². The average Bonchev–Trinajstić information content (AvgIpc) is 3.09. The highest BCUT2D eigenvalue weighted by atomic mass is 32.1. The van der Waals surface area contributed by atoms with Gasteiger partial charge in [-0.05, 0) is 62.7 Å².